The molecule has 0 saturated carbocycles. The number of aryl methyl sites for hydroxylation is 1. The summed E-state index contributed by atoms with van der Waals surface area (Å²) in [5.74, 6) is -0.829. The number of ether oxygens (including phenoxy) is 1. The largest absolute Gasteiger partial charge is 0.411 e. The summed E-state index contributed by atoms with van der Waals surface area (Å²) in [6.45, 7) is 0.612. The van der Waals surface area contributed by atoms with Gasteiger partial charge in [0.15, 0.2) is 0 Å². The summed E-state index contributed by atoms with van der Waals surface area (Å²) in [6, 6.07) is 6.05. The molecule has 0 unspecified atom stereocenters. The predicted molar refractivity (Wildman–Crippen MR) is 96.0 cm³/mol. The van der Waals surface area contributed by atoms with E-state index in [1.807, 2.05) is 6.92 Å². The average molecular weight is 398 g/mol. The van der Waals surface area contributed by atoms with E-state index in [1.165, 1.54) is 27.9 Å². The lowest BCUT2D eigenvalue weighted by atomic mass is 10.1. The Balaban J connectivity index is 2.14. The number of alkyl halides is 3. The van der Waals surface area contributed by atoms with E-state index in [1.54, 1.807) is 26.2 Å². The van der Waals surface area contributed by atoms with Gasteiger partial charge in [0.1, 0.15) is 12.3 Å². The highest BCUT2D eigenvalue weighted by molar-refractivity contribution is 6.08. The maximum absolute atomic E-state index is 12.5. The highest BCUT2D eigenvalue weighted by Crippen LogP contribution is 2.19. The molecule has 0 aliphatic carbocycles. The zero-order valence-electron chi connectivity index (χ0n) is 15.7. The van der Waals surface area contributed by atoms with Gasteiger partial charge in [-0.05, 0) is 24.6 Å². The molecule has 0 bridgehead atoms. The summed E-state index contributed by atoms with van der Waals surface area (Å²) in [6.07, 6.45) is -3.03. The molecule has 0 aliphatic rings. The van der Waals surface area contributed by atoms with Crippen molar-refractivity contribution in [1.29, 1.82) is 0 Å². The normalized spacial score (nSPS) is 11.4. The van der Waals surface area contributed by atoms with Gasteiger partial charge >= 0.3 is 6.18 Å². The third kappa shape index (κ3) is 5.56. The fraction of sp³-hybridized carbons (Fsp3) is 0.389. The number of carbonyl (C=O) groups is 2. The van der Waals surface area contributed by atoms with Crippen LogP contribution in [0.5, 0.6) is 0 Å². The lowest BCUT2D eigenvalue weighted by molar-refractivity contribution is -0.176. The van der Waals surface area contributed by atoms with E-state index in [9.17, 15) is 22.8 Å². The highest BCUT2D eigenvalue weighted by atomic mass is 19.4. The van der Waals surface area contributed by atoms with Crippen LogP contribution in [0.3, 0.4) is 0 Å². The molecule has 2 rings (SSSR count). The van der Waals surface area contributed by atoms with Crippen molar-refractivity contribution in [2.24, 2.45) is 0 Å². The van der Waals surface area contributed by atoms with Crippen molar-refractivity contribution in [2.45, 2.75) is 26.3 Å². The summed E-state index contributed by atoms with van der Waals surface area (Å²) < 4.78 is 42.6. The van der Waals surface area contributed by atoms with Crippen LogP contribution in [0, 0.1) is 0 Å². The molecule has 10 heteroatoms. The van der Waals surface area contributed by atoms with Crippen LogP contribution in [0.4, 0.5) is 18.9 Å². The molecule has 0 saturated heterocycles. The number of carbonyl (C=O) groups excluding carboxylic acids is 2. The monoisotopic (exact) mass is 398 g/mol. The number of benzene rings is 1. The van der Waals surface area contributed by atoms with Crippen molar-refractivity contribution >= 4 is 17.5 Å². The third-order valence-corrected chi connectivity index (χ3v) is 3.72. The summed E-state index contributed by atoms with van der Waals surface area (Å²) in [5, 5.41) is 6.73. The van der Waals surface area contributed by atoms with Crippen molar-refractivity contribution in [3.63, 3.8) is 0 Å². The maximum Gasteiger partial charge on any atom is 0.411 e. The van der Waals surface area contributed by atoms with Gasteiger partial charge in [-0.25, -0.2) is 0 Å². The van der Waals surface area contributed by atoms with Gasteiger partial charge in [-0.3, -0.25) is 14.3 Å². The first-order chi connectivity index (χ1) is 13.1. The fourth-order valence-corrected chi connectivity index (χ4v) is 2.44. The van der Waals surface area contributed by atoms with Crippen LogP contribution in [0.15, 0.2) is 30.5 Å². The molecule has 28 heavy (non-hydrogen) atoms. The first-order valence-electron chi connectivity index (χ1n) is 8.44. The number of amides is 2. The Bertz CT molecular complexity index is 847. The number of anilines is 1. The van der Waals surface area contributed by atoms with Crippen LogP contribution in [0.2, 0.25) is 0 Å². The molecule has 152 valence electrons. The summed E-state index contributed by atoms with van der Waals surface area (Å²) in [5.41, 5.74) is 1.14. The van der Waals surface area contributed by atoms with Gasteiger partial charge in [0.05, 0.1) is 18.5 Å². The lowest BCUT2D eigenvalue weighted by Gasteiger charge is -2.14. The third-order valence-electron chi connectivity index (χ3n) is 3.72. The van der Waals surface area contributed by atoms with Gasteiger partial charge in [-0.2, -0.15) is 18.3 Å². The van der Waals surface area contributed by atoms with Crippen LogP contribution in [-0.4, -0.2) is 53.4 Å². The fourth-order valence-electron chi connectivity index (χ4n) is 2.44. The molecule has 0 fully saturated rings. The van der Waals surface area contributed by atoms with E-state index >= 15 is 0 Å². The number of hydrogen-bond acceptors (Lipinski definition) is 4. The molecule has 0 radical (unpaired) electrons. The number of nitrogens with one attached hydrogen (secondary N) is 1. The minimum atomic E-state index is -4.41. The van der Waals surface area contributed by atoms with Gasteiger partial charge in [-0.1, -0.05) is 12.1 Å². The van der Waals surface area contributed by atoms with Gasteiger partial charge < -0.3 is 15.0 Å². The SMILES string of the molecule is CCn1ncc(NC(=O)c2cccc(COCC(F)(F)F)c2)c1C(=O)N(C)C. The molecule has 0 spiro atoms. The van der Waals surface area contributed by atoms with Crippen molar-refractivity contribution in [3.8, 4) is 0 Å². The molecule has 2 amide bonds. The van der Waals surface area contributed by atoms with Gasteiger partial charge in [-0.15, -0.1) is 0 Å². The van der Waals surface area contributed by atoms with Crippen molar-refractivity contribution in [3.05, 3.63) is 47.3 Å². The Morgan fingerprint density at radius 1 is 1.29 bits per heavy atom. The quantitative estimate of drug-likeness (QED) is 0.778. The van der Waals surface area contributed by atoms with Gasteiger partial charge in [0, 0.05) is 26.2 Å². The molecular weight excluding hydrogens is 377 g/mol. The zero-order valence-corrected chi connectivity index (χ0v) is 15.7. The first-order valence-corrected chi connectivity index (χ1v) is 8.44. The number of halogens is 3. The highest BCUT2D eigenvalue weighted by Gasteiger charge is 2.27. The van der Waals surface area contributed by atoms with Crippen LogP contribution in [-0.2, 0) is 17.9 Å². The van der Waals surface area contributed by atoms with Crippen molar-refractivity contribution in [1.82, 2.24) is 14.7 Å². The van der Waals surface area contributed by atoms with Crippen LogP contribution < -0.4 is 5.32 Å². The second-order valence-corrected chi connectivity index (χ2v) is 6.18. The topological polar surface area (TPSA) is 76.5 Å². The standard InChI is InChI=1S/C18H21F3N4O3/c1-4-25-15(17(27)24(2)3)14(9-22-25)23-16(26)13-7-5-6-12(8-13)10-28-11-18(19,20)21/h5-9H,4,10-11H2,1-3H3,(H,23,26). The Morgan fingerprint density at radius 3 is 2.61 bits per heavy atom. The number of nitrogens with zero attached hydrogens (tertiary/aromatic N) is 3. The summed E-state index contributed by atoms with van der Waals surface area (Å²) in [4.78, 5) is 26.3. The van der Waals surface area contributed by atoms with Gasteiger partial charge in [0.2, 0.25) is 0 Å². The Labute approximate surface area is 160 Å². The summed E-state index contributed by atoms with van der Waals surface area (Å²) in [7, 11) is 3.18. The molecule has 2 aromatic rings. The molecule has 1 aromatic carbocycles. The Morgan fingerprint density at radius 2 is 2.00 bits per heavy atom. The first kappa shape index (κ1) is 21.4. The molecule has 1 aromatic heterocycles. The molecule has 7 nitrogen and oxygen atoms in total. The van der Waals surface area contributed by atoms with E-state index in [0.717, 1.165) is 0 Å². The smallest absolute Gasteiger partial charge is 0.367 e. The van der Waals surface area contributed by atoms with E-state index in [-0.39, 0.29) is 29.5 Å². The maximum atomic E-state index is 12.5. The van der Waals surface area contributed by atoms with Crippen LogP contribution in [0.1, 0.15) is 33.3 Å². The molecule has 0 aliphatic heterocycles. The molecular formula is C18H21F3N4O3. The second kappa shape index (κ2) is 8.87. The minimum Gasteiger partial charge on any atom is -0.367 e. The van der Waals surface area contributed by atoms with Crippen LogP contribution >= 0.6 is 0 Å². The van der Waals surface area contributed by atoms with Gasteiger partial charge in [0.25, 0.3) is 11.8 Å². The minimum absolute atomic E-state index is 0.223. The Hall–Kier alpha value is -2.88. The Kier molecular flexibility index (Phi) is 6.79. The average Bonchev–Trinajstić information content (AvgIpc) is 3.02. The van der Waals surface area contributed by atoms with E-state index < -0.39 is 18.7 Å². The second-order valence-electron chi connectivity index (χ2n) is 6.18. The summed E-state index contributed by atoms with van der Waals surface area (Å²) >= 11 is 0. The number of hydrogen-bond donors (Lipinski definition) is 1. The predicted octanol–water partition coefficient (Wildman–Crippen LogP) is 2.94. The van der Waals surface area contributed by atoms with E-state index in [2.05, 4.69) is 15.2 Å². The molecule has 1 N–H and O–H groups in total. The van der Waals surface area contributed by atoms with Crippen molar-refractivity contribution in [2.75, 3.05) is 26.0 Å². The number of rotatable bonds is 7. The molecule has 0 atom stereocenters. The van der Waals surface area contributed by atoms with Crippen LogP contribution in [0.25, 0.3) is 0 Å². The van der Waals surface area contributed by atoms with E-state index in [0.29, 0.717) is 12.1 Å². The number of aromatic nitrogens is 2. The zero-order chi connectivity index (χ0) is 20.9. The lowest BCUT2D eigenvalue weighted by Crippen LogP contribution is -2.26. The van der Waals surface area contributed by atoms with E-state index in [4.69, 9.17) is 0 Å². The van der Waals surface area contributed by atoms with Crippen molar-refractivity contribution < 1.29 is 27.5 Å². The molecule has 1 heterocycles.